The molecule has 2 aromatic rings. The Labute approximate surface area is 179 Å². The van der Waals surface area contributed by atoms with E-state index in [0.29, 0.717) is 28.4 Å². The van der Waals surface area contributed by atoms with Gasteiger partial charge >= 0.3 is 0 Å². The molecule has 1 amide bonds. The molecule has 0 spiro atoms. The Morgan fingerprint density at radius 1 is 1.10 bits per heavy atom. The average Bonchev–Trinajstić information content (AvgIpc) is 3.34. The van der Waals surface area contributed by atoms with Gasteiger partial charge < -0.3 is 5.32 Å². The van der Waals surface area contributed by atoms with Crippen LogP contribution in [0, 0.1) is 11.3 Å². The first-order chi connectivity index (χ1) is 13.9. The fourth-order valence-corrected chi connectivity index (χ4v) is 7.82. The highest BCUT2D eigenvalue weighted by molar-refractivity contribution is 7.93. The number of halogens is 1. The Bertz CT molecular complexity index is 1090. The second-order valence-electron chi connectivity index (χ2n) is 7.64. The van der Waals surface area contributed by atoms with Crippen LogP contribution in [0.1, 0.15) is 54.5 Å². The van der Waals surface area contributed by atoms with Crippen molar-refractivity contribution in [1.82, 2.24) is 0 Å². The second-order valence-corrected chi connectivity index (χ2v) is 11.4. The summed E-state index contributed by atoms with van der Waals surface area (Å²) in [6, 6.07) is 8.18. The Hall–Kier alpha value is -1.88. The first kappa shape index (κ1) is 20.4. The maximum atomic E-state index is 13.5. The van der Waals surface area contributed by atoms with Gasteiger partial charge in [-0.3, -0.25) is 4.79 Å². The molecular formula is C21H21ClN2O3S2. The van der Waals surface area contributed by atoms with Crippen LogP contribution in [-0.2, 0) is 27.5 Å². The highest BCUT2D eigenvalue weighted by atomic mass is 35.5. The van der Waals surface area contributed by atoms with E-state index in [2.05, 4.69) is 11.4 Å². The molecule has 1 aromatic heterocycles. The average molecular weight is 449 g/mol. The van der Waals surface area contributed by atoms with Crippen molar-refractivity contribution in [2.24, 2.45) is 0 Å². The first-order valence-electron chi connectivity index (χ1n) is 9.75. The van der Waals surface area contributed by atoms with Gasteiger partial charge in [0.15, 0.2) is 14.6 Å². The number of fused-ring (bicyclic) bond motifs is 1. The van der Waals surface area contributed by atoms with Crippen molar-refractivity contribution < 1.29 is 13.2 Å². The van der Waals surface area contributed by atoms with Gasteiger partial charge in [-0.15, -0.1) is 11.3 Å². The van der Waals surface area contributed by atoms with Gasteiger partial charge in [0.05, 0.1) is 10.5 Å². The summed E-state index contributed by atoms with van der Waals surface area (Å²) in [4.78, 5) is 14.6. The molecule has 4 rings (SSSR count). The molecular weight excluding hydrogens is 428 g/mol. The lowest BCUT2D eigenvalue weighted by molar-refractivity contribution is -0.118. The Morgan fingerprint density at radius 2 is 1.76 bits per heavy atom. The number of thiophene rings is 1. The number of sulfone groups is 1. The lowest BCUT2D eigenvalue weighted by Crippen LogP contribution is -2.47. The Kier molecular flexibility index (Phi) is 5.45. The number of nitriles is 1. The molecule has 2 aliphatic carbocycles. The normalized spacial score (nSPS) is 18.1. The number of nitrogens with zero attached hydrogens (tertiary/aromatic N) is 1. The first-order valence-corrected chi connectivity index (χ1v) is 12.4. The van der Waals surface area contributed by atoms with Gasteiger partial charge in [-0.25, -0.2) is 8.42 Å². The molecule has 1 fully saturated rings. The largest absolute Gasteiger partial charge is 0.315 e. The number of carbonyl (C=O) groups excluding carboxylic acids is 1. The number of amides is 1. The molecule has 8 heteroatoms. The van der Waals surface area contributed by atoms with Gasteiger partial charge in [0.25, 0.3) is 0 Å². The number of nitrogens with one attached hydrogen (secondary N) is 1. The van der Waals surface area contributed by atoms with E-state index in [1.165, 1.54) is 35.6 Å². The summed E-state index contributed by atoms with van der Waals surface area (Å²) < 4.78 is 25.4. The molecule has 0 aliphatic heterocycles. The van der Waals surface area contributed by atoms with Crippen LogP contribution in [0.3, 0.4) is 0 Å². The molecule has 0 saturated heterocycles. The summed E-state index contributed by atoms with van der Waals surface area (Å²) in [7, 11) is -3.91. The van der Waals surface area contributed by atoms with E-state index >= 15 is 0 Å². The molecule has 29 heavy (non-hydrogen) atoms. The predicted octanol–water partition coefficient (Wildman–Crippen LogP) is 4.88. The minimum Gasteiger partial charge on any atom is -0.315 e. The minimum absolute atomic E-state index is 0.102. The summed E-state index contributed by atoms with van der Waals surface area (Å²) in [6.45, 7) is 0. The van der Waals surface area contributed by atoms with Crippen molar-refractivity contribution in [3.05, 3.63) is 45.3 Å². The highest BCUT2D eigenvalue weighted by Gasteiger charge is 2.53. The van der Waals surface area contributed by atoms with Gasteiger partial charge in [-0.1, -0.05) is 24.4 Å². The molecule has 1 heterocycles. The van der Waals surface area contributed by atoms with Crippen molar-refractivity contribution >= 4 is 43.7 Å². The van der Waals surface area contributed by atoms with E-state index in [1.807, 2.05) is 0 Å². The van der Waals surface area contributed by atoms with Crippen LogP contribution in [-0.4, -0.2) is 19.1 Å². The van der Waals surface area contributed by atoms with Crippen LogP contribution in [0.25, 0.3) is 0 Å². The van der Waals surface area contributed by atoms with Crippen LogP contribution >= 0.6 is 22.9 Å². The fourth-order valence-electron chi connectivity index (χ4n) is 4.39. The summed E-state index contributed by atoms with van der Waals surface area (Å²) >= 11 is 7.32. The number of aryl methyl sites for hydroxylation is 1. The standard InChI is InChI=1S/C21H21ClN2O3S2/c22-14-7-9-15(10-8-14)29(26,27)21(11-3-4-12-21)20(25)24-19-17(13-23)16-5-1-2-6-18(16)28-19/h7-10H,1-6,11-12H2,(H,24,25). The third-order valence-electron chi connectivity index (χ3n) is 5.97. The van der Waals surface area contributed by atoms with E-state index in [1.54, 1.807) is 0 Å². The van der Waals surface area contributed by atoms with E-state index in [-0.39, 0.29) is 17.7 Å². The maximum Gasteiger partial charge on any atom is 0.246 e. The van der Waals surface area contributed by atoms with E-state index in [4.69, 9.17) is 11.6 Å². The second kappa shape index (κ2) is 7.75. The van der Waals surface area contributed by atoms with Crippen molar-refractivity contribution in [3.8, 4) is 6.07 Å². The Balaban J connectivity index is 1.71. The minimum atomic E-state index is -3.91. The molecule has 0 atom stereocenters. The number of benzene rings is 1. The van der Waals surface area contributed by atoms with Crippen molar-refractivity contribution in [1.29, 1.82) is 5.26 Å². The molecule has 5 nitrogen and oxygen atoms in total. The van der Waals surface area contributed by atoms with E-state index in [0.717, 1.165) is 36.1 Å². The molecule has 1 aromatic carbocycles. The van der Waals surface area contributed by atoms with Crippen molar-refractivity contribution in [2.75, 3.05) is 5.32 Å². The number of hydrogen-bond donors (Lipinski definition) is 1. The summed E-state index contributed by atoms with van der Waals surface area (Å²) in [5, 5.41) is 13.4. The monoisotopic (exact) mass is 448 g/mol. The summed E-state index contributed by atoms with van der Waals surface area (Å²) in [5.74, 6) is -0.528. The molecule has 0 bridgehead atoms. The van der Waals surface area contributed by atoms with Crippen LogP contribution in [0.2, 0.25) is 5.02 Å². The van der Waals surface area contributed by atoms with Crippen molar-refractivity contribution in [2.45, 2.75) is 61.0 Å². The quantitative estimate of drug-likeness (QED) is 0.722. The number of anilines is 1. The summed E-state index contributed by atoms with van der Waals surface area (Å²) in [6.07, 6.45) is 5.73. The van der Waals surface area contributed by atoms with E-state index in [9.17, 15) is 18.5 Å². The molecule has 1 N–H and O–H groups in total. The zero-order valence-corrected chi connectivity index (χ0v) is 18.2. The third kappa shape index (κ3) is 3.37. The van der Waals surface area contributed by atoms with Crippen LogP contribution in [0.15, 0.2) is 29.2 Å². The fraction of sp³-hybridized carbons (Fsp3) is 0.429. The predicted molar refractivity (Wildman–Crippen MR) is 114 cm³/mol. The van der Waals surface area contributed by atoms with Crippen LogP contribution in [0.5, 0.6) is 0 Å². The summed E-state index contributed by atoms with van der Waals surface area (Å²) in [5.41, 5.74) is 1.51. The van der Waals surface area contributed by atoms with Crippen LogP contribution in [0.4, 0.5) is 5.00 Å². The zero-order valence-electron chi connectivity index (χ0n) is 15.8. The van der Waals surface area contributed by atoms with Gasteiger partial charge in [-0.2, -0.15) is 5.26 Å². The molecule has 0 radical (unpaired) electrons. The SMILES string of the molecule is N#Cc1c(NC(=O)C2(S(=O)(=O)c3ccc(Cl)cc3)CCCC2)sc2c1CCCC2. The third-order valence-corrected chi connectivity index (χ3v) is 9.95. The topological polar surface area (TPSA) is 87.0 Å². The van der Waals surface area contributed by atoms with Gasteiger partial charge in [0.1, 0.15) is 11.1 Å². The molecule has 1 saturated carbocycles. The van der Waals surface area contributed by atoms with Gasteiger partial charge in [-0.05, 0) is 68.4 Å². The lowest BCUT2D eigenvalue weighted by atomic mass is 9.96. The number of carbonyl (C=O) groups is 1. The lowest BCUT2D eigenvalue weighted by Gasteiger charge is -2.27. The van der Waals surface area contributed by atoms with Gasteiger partial charge in [0.2, 0.25) is 5.91 Å². The Morgan fingerprint density at radius 3 is 2.41 bits per heavy atom. The zero-order chi connectivity index (χ0) is 20.6. The van der Waals surface area contributed by atoms with Crippen LogP contribution < -0.4 is 5.32 Å². The maximum absolute atomic E-state index is 13.5. The smallest absolute Gasteiger partial charge is 0.246 e. The van der Waals surface area contributed by atoms with E-state index < -0.39 is 20.5 Å². The van der Waals surface area contributed by atoms with Gasteiger partial charge in [0, 0.05) is 9.90 Å². The number of rotatable bonds is 4. The molecule has 0 unspecified atom stereocenters. The molecule has 2 aliphatic rings. The molecule has 152 valence electrons. The highest BCUT2D eigenvalue weighted by Crippen LogP contribution is 2.43. The van der Waals surface area contributed by atoms with Crippen molar-refractivity contribution in [3.63, 3.8) is 0 Å². The number of hydrogen-bond acceptors (Lipinski definition) is 5.